The Morgan fingerprint density at radius 3 is 2.79 bits per heavy atom. The second-order valence-electron chi connectivity index (χ2n) is 2.64. The van der Waals surface area contributed by atoms with Crippen LogP contribution in [0.2, 0.25) is 0 Å². The molecule has 1 aromatic rings. The predicted octanol–water partition coefficient (Wildman–Crippen LogP) is 2.40. The van der Waals surface area contributed by atoms with Crippen molar-refractivity contribution in [3.05, 3.63) is 18.1 Å². The molecule has 0 unspecified atom stereocenters. The van der Waals surface area contributed by atoms with E-state index in [1.165, 1.54) is 12.3 Å². The average molecular weight is 222 g/mol. The summed E-state index contributed by atoms with van der Waals surface area (Å²) in [4.78, 5) is 10.6. The summed E-state index contributed by atoms with van der Waals surface area (Å²) in [5, 5.41) is 8.15. The van der Waals surface area contributed by atoms with Gasteiger partial charge < -0.3 is 9.52 Å². The molecule has 0 atom stereocenters. The molecule has 0 spiro atoms. The lowest BCUT2D eigenvalue weighted by molar-refractivity contribution is -0.161. The molecule has 0 bridgehead atoms. The van der Waals surface area contributed by atoms with Gasteiger partial charge >= 0.3 is 11.9 Å². The van der Waals surface area contributed by atoms with Gasteiger partial charge in [-0.1, -0.05) is 0 Å². The van der Waals surface area contributed by atoms with Crippen molar-refractivity contribution >= 4 is 17.7 Å². The van der Waals surface area contributed by atoms with Crippen molar-refractivity contribution in [3.63, 3.8) is 0 Å². The number of carboxylic acid groups (broad SMARTS) is 1. The first-order chi connectivity index (χ1) is 6.43. The molecular weight excluding hydrogens is 214 g/mol. The molecule has 0 fully saturated rings. The first-order valence-corrected chi connectivity index (χ1v) is 4.70. The zero-order chi connectivity index (χ0) is 10.8. The van der Waals surface area contributed by atoms with E-state index >= 15 is 0 Å². The van der Waals surface area contributed by atoms with Gasteiger partial charge in [0.1, 0.15) is 5.76 Å². The van der Waals surface area contributed by atoms with Crippen LogP contribution in [0.3, 0.4) is 0 Å². The first kappa shape index (κ1) is 11.0. The van der Waals surface area contributed by atoms with Crippen molar-refractivity contribution in [2.24, 2.45) is 0 Å². The van der Waals surface area contributed by atoms with E-state index in [1.807, 2.05) is 0 Å². The largest absolute Gasteiger partial charge is 0.477 e. The number of halogens is 2. The van der Waals surface area contributed by atoms with Gasteiger partial charge in [0.2, 0.25) is 0 Å². The smallest absolute Gasteiger partial charge is 0.375 e. The van der Waals surface area contributed by atoms with Crippen LogP contribution in [0, 0.1) is 6.92 Å². The molecule has 0 radical (unpaired) electrons. The number of hydrogen-bond acceptors (Lipinski definition) is 3. The number of hydrogen-bond donors (Lipinski definition) is 1. The van der Waals surface area contributed by atoms with E-state index in [0.29, 0.717) is 10.7 Å². The van der Waals surface area contributed by atoms with Crippen molar-refractivity contribution < 1.29 is 23.1 Å². The highest BCUT2D eigenvalue weighted by Crippen LogP contribution is 2.29. The number of furan rings is 1. The van der Waals surface area contributed by atoms with Crippen molar-refractivity contribution in [2.45, 2.75) is 17.7 Å². The fourth-order valence-electron chi connectivity index (χ4n) is 0.753. The van der Waals surface area contributed by atoms with Gasteiger partial charge in [0.15, 0.2) is 0 Å². The predicted molar refractivity (Wildman–Crippen MR) is 46.8 cm³/mol. The highest BCUT2D eigenvalue weighted by atomic mass is 32.2. The standard InChI is InChI=1S/C8H8F2O3S/c1-5-6(2-3-13-5)14-4-8(9,10)7(11)12/h2-3H,4H2,1H3,(H,11,12). The molecule has 6 heteroatoms. The number of thioether (sulfide) groups is 1. The fourth-order valence-corrected chi connectivity index (χ4v) is 1.62. The van der Waals surface area contributed by atoms with E-state index in [-0.39, 0.29) is 0 Å². The van der Waals surface area contributed by atoms with Gasteiger partial charge in [-0.15, -0.1) is 11.8 Å². The molecule has 0 saturated carbocycles. The topological polar surface area (TPSA) is 50.4 Å². The third-order valence-electron chi connectivity index (χ3n) is 1.53. The zero-order valence-electron chi connectivity index (χ0n) is 7.29. The van der Waals surface area contributed by atoms with Gasteiger partial charge in [0.25, 0.3) is 0 Å². The number of rotatable bonds is 4. The summed E-state index contributed by atoms with van der Waals surface area (Å²) in [7, 11) is 0. The average Bonchev–Trinajstić information content (AvgIpc) is 2.47. The lowest BCUT2D eigenvalue weighted by atomic mass is 10.4. The molecule has 1 rings (SSSR count). The van der Waals surface area contributed by atoms with Gasteiger partial charge in [-0.05, 0) is 13.0 Å². The molecule has 14 heavy (non-hydrogen) atoms. The second kappa shape index (κ2) is 4.00. The van der Waals surface area contributed by atoms with Crippen LogP contribution in [-0.2, 0) is 4.79 Å². The molecule has 0 amide bonds. The summed E-state index contributed by atoms with van der Waals surface area (Å²) in [6.07, 6.45) is 1.37. The summed E-state index contributed by atoms with van der Waals surface area (Å²) in [6.45, 7) is 1.63. The molecular formula is C8H8F2O3S. The minimum atomic E-state index is -3.70. The van der Waals surface area contributed by atoms with E-state index in [9.17, 15) is 13.6 Å². The van der Waals surface area contributed by atoms with Crippen LogP contribution in [0.1, 0.15) is 5.76 Å². The lowest BCUT2D eigenvalue weighted by Gasteiger charge is -2.09. The van der Waals surface area contributed by atoms with Crippen LogP contribution in [0.15, 0.2) is 21.6 Å². The first-order valence-electron chi connectivity index (χ1n) is 3.71. The van der Waals surface area contributed by atoms with Gasteiger partial charge in [-0.25, -0.2) is 4.79 Å². The monoisotopic (exact) mass is 222 g/mol. The Morgan fingerprint density at radius 2 is 2.36 bits per heavy atom. The van der Waals surface area contributed by atoms with Crippen LogP contribution in [-0.4, -0.2) is 22.8 Å². The Morgan fingerprint density at radius 1 is 1.71 bits per heavy atom. The maximum absolute atomic E-state index is 12.6. The molecule has 3 nitrogen and oxygen atoms in total. The molecule has 0 saturated heterocycles. The summed E-state index contributed by atoms with van der Waals surface area (Å²) < 4.78 is 30.1. The normalized spacial score (nSPS) is 11.6. The third kappa shape index (κ3) is 2.47. The van der Waals surface area contributed by atoms with Crippen molar-refractivity contribution in [1.82, 2.24) is 0 Å². The van der Waals surface area contributed by atoms with Crippen molar-refractivity contribution in [3.8, 4) is 0 Å². The minimum Gasteiger partial charge on any atom is -0.477 e. The Balaban J connectivity index is 2.57. The highest BCUT2D eigenvalue weighted by Gasteiger charge is 2.38. The minimum absolute atomic E-state index is 0.510. The molecule has 1 N–H and O–H groups in total. The van der Waals surface area contributed by atoms with Gasteiger partial charge in [-0.2, -0.15) is 8.78 Å². The van der Waals surface area contributed by atoms with Crippen molar-refractivity contribution in [1.29, 1.82) is 0 Å². The number of aryl methyl sites for hydroxylation is 1. The summed E-state index contributed by atoms with van der Waals surface area (Å²) in [5.41, 5.74) is 0. The van der Waals surface area contributed by atoms with Crippen LogP contribution in [0.5, 0.6) is 0 Å². The zero-order valence-corrected chi connectivity index (χ0v) is 8.11. The SMILES string of the molecule is Cc1occc1SCC(F)(F)C(=O)O. The maximum Gasteiger partial charge on any atom is 0.375 e. The van der Waals surface area contributed by atoms with Crippen LogP contribution in [0.4, 0.5) is 8.78 Å². The van der Waals surface area contributed by atoms with E-state index in [2.05, 4.69) is 0 Å². The molecule has 0 aliphatic carbocycles. The molecule has 0 aromatic carbocycles. The number of aliphatic carboxylic acids is 1. The molecule has 0 aliphatic heterocycles. The highest BCUT2D eigenvalue weighted by molar-refractivity contribution is 7.99. The van der Waals surface area contributed by atoms with Gasteiger partial charge in [0.05, 0.1) is 12.0 Å². The Hall–Kier alpha value is -1.04. The third-order valence-corrected chi connectivity index (χ3v) is 2.77. The van der Waals surface area contributed by atoms with E-state index in [1.54, 1.807) is 6.92 Å². The van der Waals surface area contributed by atoms with Gasteiger partial charge in [-0.3, -0.25) is 0 Å². The van der Waals surface area contributed by atoms with Crippen LogP contribution < -0.4 is 0 Å². The number of carbonyl (C=O) groups is 1. The Kier molecular flexibility index (Phi) is 3.15. The summed E-state index contributed by atoms with van der Waals surface area (Å²) in [6, 6.07) is 1.53. The fraction of sp³-hybridized carbons (Fsp3) is 0.375. The van der Waals surface area contributed by atoms with E-state index < -0.39 is 17.6 Å². The second-order valence-corrected chi connectivity index (χ2v) is 3.66. The molecule has 0 aliphatic rings. The summed E-state index contributed by atoms with van der Waals surface area (Å²) >= 11 is 0.764. The van der Waals surface area contributed by atoms with Crippen molar-refractivity contribution in [2.75, 3.05) is 5.75 Å². The molecule has 1 aromatic heterocycles. The number of carboxylic acids is 1. The Labute approximate surface area is 83.1 Å². The molecule has 78 valence electrons. The van der Waals surface area contributed by atoms with Crippen LogP contribution in [0.25, 0.3) is 0 Å². The maximum atomic E-state index is 12.6. The lowest BCUT2D eigenvalue weighted by Crippen LogP contribution is -2.30. The number of alkyl halides is 2. The molecule has 1 heterocycles. The quantitative estimate of drug-likeness (QED) is 0.795. The van der Waals surface area contributed by atoms with E-state index in [4.69, 9.17) is 9.52 Å². The van der Waals surface area contributed by atoms with Crippen LogP contribution >= 0.6 is 11.8 Å². The summed E-state index contributed by atoms with van der Waals surface area (Å²) in [5.74, 6) is -6.08. The van der Waals surface area contributed by atoms with E-state index in [0.717, 1.165) is 11.8 Å². The van der Waals surface area contributed by atoms with Gasteiger partial charge in [0, 0.05) is 4.90 Å². The Bertz CT molecular complexity index is 335.